The van der Waals surface area contributed by atoms with Gasteiger partial charge in [0.25, 0.3) is 5.91 Å². The lowest BCUT2D eigenvalue weighted by molar-refractivity contribution is -0.139. The van der Waals surface area contributed by atoms with E-state index in [0.29, 0.717) is 30.9 Å². The van der Waals surface area contributed by atoms with Crippen LogP contribution in [0.5, 0.6) is 5.75 Å². The number of nitrogens with one attached hydrogen (secondary N) is 1. The van der Waals surface area contributed by atoms with Crippen molar-refractivity contribution in [1.82, 2.24) is 14.2 Å². The lowest BCUT2D eigenvalue weighted by Crippen LogP contribution is -2.44. The fourth-order valence-corrected chi connectivity index (χ4v) is 9.04. The van der Waals surface area contributed by atoms with Gasteiger partial charge in [-0.25, -0.2) is 4.21 Å². The maximum absolute atomic E-state index is 14.6. The van der Waals surface area contributed by atoms with E-state index in [1.807, 2.05) is 57.3 Å². The molecule has 9 nitrogen and oxygen atoms in total. The fraction of sp³-hybridized carbons (Fsp3) is 0.526. The molecule has 4 unspecified atom stereocenters. The van der Waals surface area contributed by atoms with E-state index in [9.17, 15) is 18.9 Å². The minimum Gasteiger partial charge on any atom is -0.497 e. The van der Waals surface area contributed by atoms with Gasteiger partial charge in [0.1, 0.15) is 16.7 Å². The van der Waals surface area contributed by atoms with Crippen molar-refractivity contribution >= 4 is 33.7 Å². The van der Waals surface area contributed by atoms with Crippen molar-refractivity contribution < 1.29 is 28.4 Å². The van der Waals surface area contributed by atoms with Gasteiger partial charge in [0.05, 0.1) is 42.7 Å². The Hall–Kier alpha value is -3.47. The van der Waals surface area contributed by atoms with Gasteiger partial charge in [0, 0.05) is 48.6 Å². The van der Waals surface area contributed by atoms with Crippen LogP contribution in [0.3, 0.4) is 0 Å². The van der Waals surface area contributed by atoms with Gasteiger partial charge in [0.2, 0.25) is 5.91 Å². The smallest absolute Gasteiger partial charge is 0.263 e. The van der Waals surface area contributed by atoms with Crippen molar-refractivity contribution in [1.29, 1.82) is 0 Å². The first kappa shape index (κ1) is 34.4. The number of aliphatic hydroxyl groups excluding tert-OH is 1. The molecule has 0 radical (unpaired) electrons. The third kappa shape index (κ3) is 6.23. The molecule has 10 heteroatoms. The topological polar surface area (TPSA) is 110 Å². The van der Waals surface area contributed by atoms with Gasteiger partial charge in [0.15, 0.2) is 0 Å². The number of nitrogens with zero attached hydrogens (tertiary/aromatic N) is 2. The Kier molecular flexibility index (Phi) is 10.2. The molecule has 2 fully saturated rings. The Balaban J connectivity index is 1.52. The number of benzene rings is 2. The predicted octanol–water partition coefficient (Wildman–Crippen LogP) is 6.07. The number of aliphatic hydroxyl groups is 1. The first-order valence-electron chi connectivity index (χ1n) is 17.2. The van der Waals surface area contributed by atoms with Crippen LogP contribution in [-0.4, -0.2) is 76.4 Å². The molecule has 2 amide bonds. The highest BCUT2D eigenvalue weighted by Gasteiger charge is 2.64. The Labute approximate surface area is 286 Å². The van der Waals surface area contributed by atoms with E-state index in [2.05, 4.69) is 21.4 Å². The molecule has 1 aliphatic heterocycles. The summed E-state index contributed by atoms with van der Waals surface area (Å²) in [6.45, 7) is 4.09. The summed E-state index contributed by atoms with van der Waals surface area (Å²) in [7, 11) is 3.44. The number of amides is 2. The molecule has 2 saturated carbocycles. The molecule has 2 aromatic carbocycles. The van der Waals surface area contributed by atoms with Crippen LogP contribution >= 0.6 is 0 Å². The number of methoxy groups -OCH3 is 2. The molecule has 3 aliphatic rings. The summed E-state index contributed by atoms with van der Waals surface area (Å²) >= 11 is 0. The average Bonchev–Trinajstić information content (AvgIpc) is 3.77. The molecular formula is C38H49N3O6S. The SMILES string of the molecule is C/C=C\C[C@@H](CO)N(C)C(=O)C12CC1c1cc(OC)ccc1-c1c(C3CCCCC3)c3ccc(C(=O)NS(=O)CC(C)OC)cc3n1C2. The van der Waals surface area contributed by atoms with Gasteiger partial charge >= 0.3 is 0 Å². The van der Waals surface area contributed by atoms with Crippen LogP contribution in [0.1, 0.15) is 92.1 Å². The largest absolute Gasteiger partial charge is 0.497 e. The van der Waals surface area contributed by atoms with E-state index >= 15 is 0 Å². The van der Waals surface area contributed by atoms with E-state index in [1.165, 1.54) is 24.8 Å². The maximum Gasteiger partial charge on any atom is 0.263 e. The van der Waals surface area contributed by atoms with Crippen LogP contribution in [0, 0.1) is 5.41 Å². The number of fused-ring (bicyclic) bond motifs is 7. The summed E-state index contributed by atoms with van der Waals surface area (Å²) in [6, 6.07) is 11.7. The zero-order chi connectivity index (χ0) is 34.2. The van der Waals surface area contributed by atoms with E-state index in [0.717, 1.165) is 46.3 Å². The highest BCUT2D eigenvalue weighted by atomic mass is 32.2. The van der Waals surface area contributed by atoms with Gasteiger partial charge in [-0.05, 0) is 86.9 Å². The summed E-state index contributed by atoms with van der Waals surface area (Å²) in [5.41, 5.74) is 5.26. The number of aromatic nitrogens is 1. The van der Waals surface area contributed by atoms with Crippen molar-refractivity contribution in [2.45, 2.75) is 89.3 Å². The molecule has 0 bridgehead atoms. The number of rotatable bonds is 12. The van der Waals surface area contributed by atoms with Crippen LogP contribution in [0.4, 0.5) is 0 Å². The number of allylic oxidation sites excluding steroid dienone is 1. The first-order valence-corrected chi connectivity index (χ1v) is 18.5. The molecule has 0 saturated heterocycles. The van der Waals surface area contributed by atoms with Crippen molar-refractivity contribution in [2.75, 3.05) is 33.6 Å². The van der Waals surface area contributed by atoms with Crippen LogP contribution in [0.15, 0.2) is 48.6 Å². The Morgan fingerprint density at radius 1 is 1.17 bits per heavy atom. The van der Waals surface area contributed by atoms with E-state index in [4.69, 9.17) is 9.47 Å². The molecule has 6 rings (SSSR count). The first-order chi connectivity index (χ1) is 23.2. The van der Waals surface area contributed by atoms with Crippen molar-refractivity contribution in [3.05, 3.63) is 65.2 Å². The summed E-state index contributed by atoms with van der Waals surface area (Å²) in [5.74, 6) is 0.921. The quantitative estimate of drug-likeness (QED) is 0.226. The fourth-order valence-electron chi connectivity index (χ4n) is 8.07. The monoisotopic (exact) mass is 675 g/mol. The Morgan fingerprint density at radius 2 is 1.94 bits per heavy atom. The van der Waals surface area contributed by atoms with Crippen LogP contribution in [0.25, 0.3) is 22.2 Å². The summed E-state index contributed by atoms with van der Waals surface area (Å²) in [4.78, 5) is 29.8. The number of hydrogen-bond acceptors (Lipinski definition) is 6. The summed E-state index contributed by atoms with van der Waals surface area (Å²) < 4.78 is 28.6. The minimum atomic E-state index is -1.59. The van der Waals surface area contributed by atoms with Crippen molar-refractivity contribution in [3.8, 4) is 17.0 Å². The second kappa shape index (κ2) is 14.2. The standard InChI is InChI=1S/C38H49N3O6S/c1-6-7-13-27(21-42)40(3)37(44)38-20-32(38)31-19-28(47-5)15-17-29(31)35-34(25-11-9-8-10-12-25)30-16-14-26(18-33(30)41(35)23-38)36(43)39-48(45)22-24(2)46-4/h6-7,14-19,24-25,27,32,42H,8-13,20-23H2,1-5H3,(H,39,43)/b7-6-/t24?,27-,32?,38?,48?/m0/s1. The van der Waals surface area contributed by atoms with E-state index in [1.54, 1.807) is 19.1 Å². The van der Waals surface area contributed by atoms with Crippen LogP contribution in [-0.2, 0) is 27.1 Å². The average molecular weight is 676 g/mol. The number of carbonyl (C=O) groups is 2. The van der Waals surface area contributed by atoms with E-state index in [-0.39, 0.29) is 36.3 Å². The number of likely N-dealkylation sites (N-methyl/N-ethyl adjacent to an activating group) is 1. The second-order valence-corrected chi connectivity index (χ2v) is 15.1. The third-order valence-electron chi connectivity index (χ3n) is 10.9. The number of ether oxygens (including phenoxy) is 2. The van der Waals surface area contributed by atoms with Crippen LogP contribution < -0.4 is 9.46 Å². The Bertz CT molecular complexity index is 1740. The zero-order valence-electron chi connectivity index (χ0n) is 28.8. The lowest BCUT2D eigenvalue weighted by atomic mass is 9.81. The molecule has 2 heterocycles. The molecule has 2 aliphatic carbocycles. The molecule has 2 N–H and O–H groups in total. The number of hydrogen-bond donors (Lipinski definition) is 2. The predicted molar refractivity (Wildman–Crippen MR) is 190 cm³/mol. The van der Waals surface area contributed by atoms with Gasteiger partial charge < -0.3 is 24.0 Å². The molecule has 258 valence electrons. The highest BCUT2D eigenvalue weighted by Crippen LogP contribution is 2.66. The molecule has 48 heavy (non-hydrogen) atoms. The second-order valence-electron chi connectivity index (χ2n) is 13.8. The highest BCUT2D eigenvalue weighted by molar-refractivity contribution is 7.83. The molecular weight excluding hydrogens is 627 g/mol. The molecule has 3 aromatic rings. The van der Waals surface area contributed by atoms with Crippen molar-refractivity contribution in [3.63, 3.8) is 0 Å². The molecule has 1 aromatic heterocycles. The third-order valence-corrected chi connectivity index (χ3v) is 12.1. The Morgan fingerprint density at radius 3 is 2.62 bits per heavy atom. The minimum absolute atomic E-state index is 0.00978. The van der Waals surface area contributed by atoms with Crippen molar-refractivity contribution in [2.24, 2.45) is 5.41 Å². The zero-order valence-corrected chi connectivity index (χ0v) is 29.6. The molecule has 0 spiro atoms. The van der Waals surface area contributed by atoms with E-state index < -0.39 is 22.3 Å². The lowest BCUT2D eigenvalue weighted by Gasteiger charge is -2.31. The normalized spacial score (nSPS) is 22.2. The van der Waals surface area contributed by atoms with Gasteiger partial charge in [-0.2, -0.15) is 0 Å². The maximum atomic E-state index is 14.6. The van der Waals surface area contributed by atoms with Gasteiger partial charge in [-0.3, -0.25) is 14.3 Å². The van der Waals surface area contributed by atoms with Gasteiger partial charge in [-0.1, -0.05) is 37.5 Å². The van der Waals surface area contributed by atoms with Crippen LogP contribution in [0.2, 0.25) is 0 Å². The van der Waals surface area contributed by atoms with Gasteiger partial charge in [-0.15, -0.1) is 0 Å². The summed E-state index contributed by atoms with van der Waals surface area (Å²) in [5, 5.41) is 11.4. The summed E-state index contributed by atoms with van der Waals surface area (Å²) in [6.07, 6.45) is 10.7. The number of carbonyl (C=O) groups excluding carboxylic acids is 2. The molecule has 5 atom stereocenters.